The summed E-state index contributed by atoms with van der Waals surface area (Å²) in [6, 6.07) is 7.17. The third-order valence-electron chi connectivity index (χ3n) is 2.36. The third kappa shape index (κ3) is 1.76. The summed E-state index contributed by atoms with van der Waals surface area (Å²) in [5.41, 5.74) is 9.01. The van der Waals surface area contributed by atoms with E-state index in [4.69, 9.17) is 5.73 Å². The molecule has 0 unspecified atom stereocenters. The molecule has 1 heterocycles. The van der Waals surface area contributed by atoms with Gasteiger partial charge in [-0.05, 0) is 41.8 Å². The molecular formula is C12H12N2O. The molecule has 1 aromatic carbocycles. The van der Waals surface area contributed by atoms with Crippen molar-refractivity contribution in [3.63, 3.8) is 0 Å². The molecule has 0 aliphatic carbocycles. The summed E-state index contributed by atoms with van der Waals surface area (Å²) < 4.78 is 0. The number of hydrogen-bond acceptors (Lipinski definition) is 3. The lowest BCUT2D eigenvalue weighted by Crippen LogP contribution is -1.88. The highest BCUT2D eigenvalue weighted by molar-refractivity contribution is 5.71. The molecule has 0 spiro atoms. The van der Waals surface area contributed by atoms with Crippen LogP contribution in [0.25, 0.3) is 11.1 Å². The van der Waals surface area contributed by atoms with E-state index in [0.29, 0.717) is 5.69 Å². The van der Waals surface area contributed by atoms with E-state index < -0.39 is 0 Å². The van der Waals surface area contributed by atoms with Crippen LogP contribution in [0.1, 0.15) is 5.56 Å². The van der Waals surface area contributed by atoms with Gasteiger partial charge in [0.1, 0.15) is 5.75 Å². The fourth-order valence-corrected chi connectivity index (χ4v) is 1.51. The number of phenolic OH excluding ortho intramolecular Hbond substituents is 1. The molecule has 2 aromatic rings. The number of nitrogen functional groups attached to an aromatic ring is 1. The van der Waals surface area contributed by atoms with Gasteiger partial charge in [-0.2, -0.15) is 0 Å². The number of aromatic hydroxyl groups is 1. The SMILES string of the molecule is Cc1cnccc1-c1ccc(N)c(O)c1. The van der Waals surface area contributed by atoms with Crippen molar-refractivity contribution in [3.05, 3.63) is 42.2 Å². The molecule has 76 valence electrons. The van der Waals surface area contributed by atoms with Gasteiger partial charge >= 0.3 is 0 Å². The van der Waals surface area contributed by atoms with Gasteiger partial charge in [-0.15, -0.1) is 0 Å². The second kappa shape index (κ2) is 3.61. The molecule has 0 amide bonds. The number of nitrogens with zero attached hydrogens (tertiary/aromatic N) is 1. The molecular weight excluding hydrogens is 188 g/mol. The van der Waals surface area contributed by atoms with Crippen LogP contribution in [-0.2, 0) is 0 Å². The highest BCUT2D eigenvalue weighted by atomic mass is 16.3. The molecule has 0 saturated carbocycles. The van der Waals surface area contributed by atoms with Crippen molar-refractivity contribution >= 4 is 5.69 Å². The summed E-state index contributed by atoms with van der Waals surface area (Å²) in [7, 11) is 0. The zero-order chi connectivity index (χ0) is 10.8. The molecule has 3 N–H and O–H groups in total. The first-order valence-corrected chi connectivity index (χ1v) is 4.68. The van der Waals surface area contributed by atoms with Crippen molar-refractivity contribution < 1.29 is 5.11 Å². The first-order valence-electron chi connectivity index (χ1n) is 4.68. The van der Waals surface area contributed by atoms with Crippen LogP contribution in [-0.4, -0.2) is 10.1 Å². The van der Waals surface area contributed by atoms with Crippen LogP contribution in [0.5, 0.6) is 5.75 Å². The molecule has 0 radical (unpaired) electrons. The lowest BCUT2D eigenvalue weighted by atomic mass is 10.0. The fourth-order valence-electron chi connectivity index (χ4n) is 1.51. The molecule has 1 aromatic heterocycles. The molecule has 0 bridgehead atoms. The standard InChI is InChI=1S/C12H12N2O/c1-8-7-14-5-4-10(8)9-2-3-11(13)12(15)6-9/h2-7,15H,13H2,1H3. The Hall–Kier alpha value is -2.03. The number of aryl methyl sites for hydroxylation is 1. The second-order valence-corrected chi connectivity index (χ2v) is 3.46. The summed E-state index contributed by atoms with van der Waals surface area (Å²) >= 11 is 0. The number of benzene rings is 1. The number of nitrogens with two attached hydrogens (primary N) is 1. The topological polar surface area (TPSA) is 59.1 Å². The minimum Gasteiger partial charge on any atom is -0.506 e. The number of anilines is 1. The van der Waals surface area contributed by atoms with E-state index >= 15 is 0 Å². The Balaban J connectivity index is 2.55. The predicted molar refractivity (Wildman–Crippen MR) is 60.5 cm³/mol. The van der Waals surface area contributed by atoms with E-state index in [9.17, 15) is 5.11 Å². The number of pyridine rings is 1. The van der Waals surface area contributed by atoms with E-state index in [-0.39, 0.29) is 5.75 Å². The number of rotatable bonds is 1. The maximum absolute atomic E-state index is 9.51. The summed E-state index contributed by atoms with van der Waals surface area (Å²) in [5.74, 6) is 0.115. The van der Waals surface area contributed by atoms with Crippen LogP contribution in [0.2, 0.25) is 0 Å². The van der Waals surface area contributed by atoms with E-state index in [1.807, 2.05) is 19.1 Å². The average molecular weight is 200 g/mol. The highest BCUT2D eigenvalue weighted by Gasteiger charge is 2.03. The monoisotopic (exact) mass is 200 g/mol. The Morgan fingerprint density at radius 2 is 2.07 bits per heavy atom. The van der Waals surface area contributed by atoms with Crippen molar-refractivity contribution in [2.75, 3.05) is 5.73 Å². The van der Waals surface area contributed by atoms with Crippen LogP contribution in [0.4, 0.5) is 5.69 Å². The molecule has 2 rings (SSSR count). The van der Waals surface area contributed by atoms with E-state index in [2.05, 4.69) is 4.98 Å². The van der Waals surface area contributed by atoms with Crippen LogP contribution < -0.4 is 5.73 Å². The Morgan fingerprint density at radius 3 is 2.73 bits per heavy atom. The van der Waals surface area contributed by atoms with Crippen molar-refractivity contribution in [1.82, 2.24) is 4.98 Å². The van der Waals surface area contributed by atoms with Gasteiger partial charge in [-0.1, -0.05) is 6.07 Å². The van der Waals surface area contributed by atoms with Crippen molar-refractivity contribution in [1.29, 1.82) is 0 Å². The molecule has 0 saturated heterocycles. The molecule has 3 nitrogen and oxygen atoms in total. The lowest BCUT2D eigenvalue weighted by Gasteiger charge is -2.06. The number of aromatic nitrogens is 1. The highest BCUT2D eigenvalue weighted by Crippen LogP contribution is 2.29. The predicted octanol–water partition coefficient (Wildman–Crippen LogP) is 2.34. The molecule has 15 heavy (non-hydrogen) atoms. The minimum absolute atomic E-state index is 0.115. The molecule has 0 aliphatic rings. The Kier molecular flexibility index (Phi) is 2.29. The first kappa shape index (κ1) is 9.52. The number of hydrogen-bond donors (Lipinski definition) is 2. The Labute approximate surface area is 88.2 Å². The summed E-state index contributed by atoms with van der Waals surface area (Å²) in [6.45, 7) is 1.98. The van der Waals surface area contributed by atoms with Crippen molar-refractivity contribution in [2.24, 2.45) is 0 Å². The summed E-state index contributed by atoms with van der Waals surface area (Å²) in [4.78, 5) is 4.02. The summed E-state index contributed by atoms with van der Waals surface area (Å²) in [5, 5.41) is 9.51. The quantitative estimate of drug-likeness (QED) is 0.548. The van der Waals surface area contributed by atoms with Crippen LogP contribution >= 0.6 is 0 Å². The Bertz CT molecular complexity index is 495. The lowest BCUT2D eigenvalue weighted by molar-refractivity contribution is 0.478. The second-order valence-electron chi connectivity index (χ2n) is 3.46. The van der Waals surface area contributed by atoms with Crippen LogP contribution in [0.15, 0.2) is 36.7 Å². The Morgan fingerprint density at radius 1 is 1.27 bits per heavy atom. The zero-order valence-electron chi connectivity index (χ0n) is 8.44. The molecule has 0 aliphatic heterocycles. The molecule has 0 fully saturated rings. The van der Waals surface area contributed by atoms with Gasteiger partial charge < -0.3 is 10.8 Å². The van der Waals surface area contributed by atoms with Gasteiger partial charge in [0.2, 0.25) is 0 Å². The van der Waals surface area contributed by atoms with E-state index in [1.54, 1.807) is 24.5 Å². The normalized spacial score (nSPS) is 10.2. The van der Waals surface area contributed by atoms with Gasteiger partial charge in [-0.25, -0.2) is 0 Å². The third-order valence-corrected chi connectivity index (χ3v) is 2.36. The van der Waals surface area contributed by atoms with Crippen molar-refractivity contribution in [3.8, 4) is 16.9 Å². The van der Waals surface area contributed by atoms with E-state index in [1.165, 1.54) is 0 Å². The van der Waals surface area contributed by atoms with Gasteiger partial charge in [0.25, 0.3) is 0 Å². The summed E-state index contributed by atoms with van der Waals surface area (Å²) in [6.07, 6.45) is 3.53. The minimum atomic E-state index is 0.115. The first-order chi connectivity index (χ1) is 7.18. The van der Waals surface area contributed by atoms with Crippen molar-refractivity contribution in [2.45, 2.75) is 6.92 Å². The zero-order valence-corrected chi connectivity index (χ0v) is 8.44. The fraction of sp³-hybridized carbons (Fsp3) is 0.0833. The average Bonchev–Trinajstić information content (AvgIpc) is 2.23. The van der Waals surface area contributed by atoms with Gasteiger partial charge in [0.15, 0.2) is 0 Å². The molecule has 0 atom stereocenters. The van der Waals surface area contributed by atoms with Gasteiger partial charge in [-0.3, -0.25) is 4.98 Å². The number of phenols is 1. The maximum atomic E-state index is 9.51. The van der Waals surface area contributed by atoms with Gasteiger partial charge in [0, 0.05) is 12.4 Å². The maximum Gasteiger partial charge on any atom is 0.139 e. The van der Waals surface area contributed by atoms with Gasteiger partial charge in [0.05, 0.1) is 5.69 Å². The molecule has 3 heteroatoms. The van der Waals surface area contributed by atoms with Crippen LogP contribution in [0, 0.1) is 6.92 Å². The smallest absolute Gasteiger partial charge is 0.139 e. The van der Waals surface area contributed by atoms with Crippen LogP contribution in [0.3, 0.4) is 0 Å². The largest absolute Gasteiger partial charge is 0.506 e. The van der Waals surface area contributed by atoms with E-state index in [0.717, 1.165) is 16.7 Å².